The highest BCUT2D eigenvalue weighted by Gasteiger charge is 2.26. The van der Waals surface area contributed by atoms with Gasteiger partial charge in [0, 0.05) is 25.4 Å². The van der Waals surface area contributed by atoms with Gasteiger partial charge in [0.2, 0.25) is 5.13 Å². The van der Waals surface area contributed by atoms with Crippen LogP contribution in [0, 0.1) is 5.92 Å². The molecular formula is C16H28N4O2S. The van der Waals surface area contributed by atoms with Gasteiger partial charge in [0.05, 0.1) is 6.10 Å². The summed E-state index contributed by atoms with van der Waals surface area (Å²) >= 11 is 1.45. The molecule has 130 valence electrons. The third kappa shape index (κ3) is 4.88. The van der Waals surface area contributed by atoms with Crippen LogP contribution in [0.15, 0.2) is 0 Å². The summed E-state index contributed by atoms with van der Waals surface area (Å²) in [5, 5.41) is 22.7. The van der Waals surface area contributed by atoms with Crippen LogP contribution >= 0.6 is 11.3 Å². The highest BCUT2D eigenvalue weighted by atomic mass is 32.1. The summed E-state index contributed by atoms with van der Waals surface area (Å²) in [4.78, 5) is 13.9. The Labute approximate surface area is 142 Å². The molecule has 1 aliphatic carbocycles. The van der Waals surface area contributed by atoms with E-state index in [1.165, 1.54) is 11.3 Å². The first kappa shape index (κ1) is 18.1. The molecule has 6 nitrogen and oxygen atoms in total. The molecule has 7 heteroatoms. The largest absolute Gasteiger partial charge is 0.393 e. The Balaban J connectivity index is 1.88. The molecule has 2 amide bonds. The van der Waals surface area contributed by atoms with E-state index in [0.717, 1.165) is 43.5 Å². The minimum absolute atomic E-state index is 0.175. The normalized spacial score (nSPS) is 21.4. The van der Waals surface area contributed by atoms with Gasteiger partial charge in [-0.05, 0) is 25.7 Å². The van der Waals surface area contributed by atoms with E-state index in [4.69, 9.17) is 0 Å². The SMILES string of the molecule is CCC(CC)c1nnc(NC(=O)N(C)CC2CCCCC2O)s1. The van der Waals surface area contributed by atoms with E-state index >= 15 is 0 Å². The molecule has 1 aromatic heterocycles. The maximum absolute atomic E-state index is 12.3. The van der Waals surface area contributed by atoms with Crippen molar-refractivity contribution in [1.82, 2.24) is 15.1 Å². The molecule has 1 aromatic rings. The topological polar surface area (TPSA) is 78.4 Å². The van der Waals surface area contributed by atoms with Gasteiger partial charge in [-0.25, -0.2) is 4.79 Å². The Morgan fingerprint density at radius 2 is 2.04 bits per heavy atom. The van der Waals surface area contributed by atoms with Crippen LogP contribution in [0.3, 0.4) is 0 Å². The standard InChI is InChI=1S/C16H28N4O2S/c1-4-11(5-2)14-18-19-15(23-14)17-16(22)20(3)10-12-8-6-7-9-13(12)21/h11-13,21H,4-10H2,1-3H3,(H,17,19,22). The highest BCUT2D eigenvalue weighted by Crippen LogP contribution is 2.28. The lowest BCUT2D eigenvalue weighted by Gasteiger charge is -2.31. The van der Waals surface area contributed by atoms with Crippen LogP contribution in [-0.2, 0) is 0 Å². The van der Waals surface area contributed by atoms with Gasteiger partial charge in [-0.3, -0.25) is 5.32 Å². The van der Waals surface area contributed by atoms with Crippen LogP contribution in [0.25, 0.3) is 0 Å². The second kappa shape index (κ2) is 8.59. The summed E-state index contributed by atoms with van der Waals surface area (Å²) in [5.74, 6) is 0.585. The van der Waals surface area contributed by atoms with Crippen molar-refractivity contribution in [3.63, 3.8) is 0 Å². The van der Waals surface area contributed by atoms with Crippen molar-refractivity contribution in [2.24, 2.45) is 5.92 Å². The van der Waals surface area contributed by atoms with Crippen molar-refractivity contribution in [2.45, 2.75) is 64.4 Å². The van der Waals surface area contributed by atoms with Crippen molar-refractivity contribution in [3.8, 4) is 0 Å². The van der Waals surface area contributed by atoms with Gasteiger partial charge in [-0.2, -0.15) is 0 Å². The summed E-state index contributed by atoms with van der Waals surface area (Å²) in [6, 6.07) is -0.185. The third-order valence-electron chi connectivity index (χ3n) is 4.71. The Hall–Kier alpha value is -1.21. The third-order valence-corrected chi connectivity index (χ3v) is 5.71. The first-order chi connectivity index (χ1) is 11.0. The second-order valence-corrected chi connectivity index (χ2v) is 7.39. The van der Waals surface area contributed by atoms with Gasteiger partial charge in [0.1, 0.15) is 5.01 Å². The van der Waals surface area contributed by atoms with E-state index in [-0.39, 0.29) is 18.1 Å². The van der Waals surface area contributed by atoms with Gasteiger partial charge < -0.3 is 10.0 Å². The summed E-state index contributed by atoms with van der Waals surface area (Å²) in [5.41, 5.74) is 0. The lowest BCUT2D eigenvalue weighted by Crippen LogP contribution is -2.40. The second-order valence-electron chi connectivity index (χ2n) is 6.38. The number of rotatable bonds is 6. The Morgan fingerprint density at radius 3 is 2.70 bits per heavy atom. The van der Waals surface area contributed by atoms with E-state index in [0.29, 0.717) is 17.6 Å². The quantitative estimate of drug-likeness (QED) is 0.831. The molecule has 0 radical (unpaired) electrons. The average molecular weight is 340 g/mol. The van der Waals surface area contributed by atoms with Gasteiger partial charge in [-0.15, -0.1) is 10.2 Å². The summed E-state index contributed by atoms with van der Waals surface area (Å²) in [7, 11) is 1.76. The van der Waals surface area contributed by atoms with E-state index in [1.807, 2.05) is 0 Å². The zero-order valence-corrected chi connectivity index (χ0v) is 15.1. The molecule has 2 atom stereocenters. The van der Waals surface area contributed by atoms with Gasteiger partial charge >= 0.3 is 6.03 Å². The number of aromatic nitrogens is 2. The van der Waals surface area contributed by atoms with Crippen molar-refractivity contribution >= 4 is 22.5 Å². The van der Waals surface area contributed by atoms with Crippen LogP contribution in [0.2, 0.25) is 0 Å². The number of anilines is 1. The number of amides is 2. The maximum Gasteiger partial charge on any atom is 0.323 e. The van der Waals surface area contributed by atoms with Crippen LogP contribution < -0.4 is 5.32 Å². The Kier molecular flexibility index (Phi) is 6.77. The Morgan fingerprint density at radius 1 is 1.35 bits per heavy atom. The number of carbonyl (C=O) groups is 1. The first-order valence-corrected chi connectivity index (χ1v) is 9.40. The molecule has 0 bridgehead atoms. The number of aliphatic hydroxyl groups is 1. The number of carbonyl (C=O) groups excluding carboxylic acids is 1. The first-order valence-electron chi connectivity index (χ1n) is 8.58. The van der Waals surface area contributed by atoms with E-state index < -0.39 is 0 Å². The lowest BCUT2D eigenvalue weighted by atomic mass is 9.86. The molecule has 1 saturated carbocycles. The van der Waals surface area contributed by atoms with Gasteiger partial charge in [0.25, 0.3) is 0 Å². The number of nitrogens with one attached hydrogen (secondary N) is 1. The minimum atomic E-state index is -0.290. The van der Waals surface area contributed by atoms with Crippen molar-refractivity contribution in [1.29, 1.82) is 0 Å². The molecule has 0 spiro atoms. The van der Waals surface area contributed by atoms with E-state index in [1.54, 1.807) is 11.9 Å². The number of urea groups is 1. The average Bonchev–Trinajstić information content (AvgIpc) is 2.99. The molecule has 0 aromatic carbocycles. The summed E-state index contributed by atoms with van der Waals surface area (Å²) in [6.45, 7) is 4.85. The predicted molar refractivity (Wildman–Crippen MR) is 92.8 cm³/mol. The highest BCUT2D eigenvalue weighted by molar-refractivity contribution is 7.15. The van der Waals surface area contributed by atoms with Crippen LogP contribution in [0.5, 0.6) is 0 Å². The van der Waals surface area contributed by atoms with Crippen LogP contribution in [0.1, 0.15) is 63.3 Å². The molecule has 23 heavy (non-hydrogen) atoms. The molecular weight excluding hydrogens is 312 g/mol. The fraction of sp³-hybridized carbons (Fsp3) is 0.812. The monoisotopic (exact) mass is 340 g/mol. The predicted octanol–water partition coefficient (Wildman–Crippen LogP) is 3.46. The van der Waals surface area contributed by atoms with E-state index in [2.05, 4.69) is 29.4 Å². The van der Waals surface area contributed by atoms with Crippen molar-refractivity contribution < 1.29 is 9.90 Å². The fourth-order valence-corrected chi connectivity index (χ4v) is 4.11. The maximum atomic E-state index is 12.3. The molecule has 2 rings (SSSR count). The molecule has 0 aliphatic heterocycles. The zero-order valence-electron chi connectivity index (χ0n) is 14.3. The summed E-state index contributed by atoms with van der Waals surface area (Å²) in [6.07, 6.45) is 5.80. The zero-order chi connectivity index (χ0) is 16.8. The van der Waals surface area contributed by atoms with E-state index in [9.17, 15) is 9.90 Å². The minimum Gasteiger partial charge on any atom is -0.393 e. The number of aliphatic hydroxyl groups excluding tert-OH is 1. The molecule has 2 N–H and O–H groups in total. The van der Waals surface area contributed by atoms with Gasteiger partial charge in [0.15, 0.2) is 0 Å². The number of hydrogen-bond acceptors (Lipinski definition) is 5. The van der Waals surface area contributed by atoms with Crippen LogP contribution in [-0.4, -0.2) is 45.9 Å². The molecule has 1 heterocycles. The van der Waals surface area contributed by atoms with Crippen molar-refractivity contribution in [2.75, 3.05) is 18.9 Å². The lowest BCUT2D eigenvalue weighted by molar-refractivity contribution is 0.0575. The molecule has 1 aliphatic rings. The molecule has 0 saturated heterocycles. The van der Waals surface area contributed by atoms with Crippen LogP contribution in [0.4, 0.5) is 9.93 Å². The van der Waals surface area contributed by atoms with Crippen molar-refractivity contribution in [3.05, 3.63) is 5.01 Å². The number of nitrogens with zero attached hydrogens (tertiary/aromatic N) is 3. The number of hydrogen-bond donors (Lipinski definition) is 2. The molecule has 1 fully saturated rings. The summed E-state index contributed by atoms with van der Waals surface area (Å²) < 4.78 is 0. The fourth-order valence-electron chi connectivity index (χ4n) is 3.11. The van der Waals surface area contributed by atoms with Gasteiger partial charge in [-0.1, -0.05) is 38.0 Å². The smallest absolute Gasteiger partial charge is 0.323 e. The Bertz CT molecular complexity index is 504. The molecule has 2 unspecified atom stereocenters.